The first-order chi connectivity index (χ1) is 23.8. The maximum Gasteiger partial charge on any atom is 0.227 e. The van der Waals surface area contributed by atoms with Crippen LogP contribution in [0.5, 0.6) is 0 Å². The van der Waals surface area contributed by atoms with E-state index in [0.717, 1.165) is 89.6 Å². The zero-order chi connectivity index (χ0) is 35.5. The fourth-order valence-corrected chi connectivity index (χ4v) is 8.32. The first-order valence-corrected chi connectivity index (χ1v) is 18.2. The lowest BCUT2D eigenvalue weighted by Gasteiger charge is -2.35. The van der Waals surface area contributed by atoms with Crippen molar-refractivity contribution < 1.29 is 18.7 Å². The molecule has 8 nitrogen and oxygen atoms in total. The number of rotatable bonds is 8. The number of aryl methyl sites for hydroxylation is 2. The van der Waals surface area contributed by atoms with Gasteiger partial charge in [0.15, 0.2) is 11.4 Å². The molecule has 1 aliphatic carbocycles. The van der Waals surface area contributed by atoms with E-state index in [0.29, 0.717) is 39.8 Å². The normalized spacial score (nSPS) is 19.8. The monoisotopic (exact) mass is 694 g/mol. The van der Waals surface area contributed by atoms with Crippen molar-refractivity contribution in [2.45, 2.75) is 97.3 Å². The quantitative estimate of drug-likeness (QED) is 0.160. The Kier molecular flexibility index (Phi) is 9.25. The molecule has 2 aromatic heterocycles. The van der Waals surface area contributed by atoms with Gasteiger partial charge in [0.05, 0.1) is 16.8 Å². The van der Waals surface area contributed by atoms with Gasteiger partial charge in [-0.15, -0.1) is 0 Å². The van der Waals surface area contributed by atoms with E-state index in [4.69, 9.17) is 30.8 Å². The highest BCUT2D eigenvalue weighted by Crippen LogP contribution is 2.43. The molecule has 7 rings (SSSR count). The van der Waals surface area contributed by atoms with Gasteiger partial charge >= 0.3 is 0 Å². The molecule has 262 valence electrons. The number of aromatic nitrogens is 3. The Labute approximate surface area is 299 Å². The van der Waals surface area contributed by atoms with Gasteiger partial charge in [0.2, 0.25) is 5.89 Å². The SMILES string of the molecule is CC(=O)C1CCC(N2CCC(c3nn(C)c4ccc(-c5nc6cc(C)c([C@H](OC(C)(C)C)C(C)=O)c(-c7ccc(Cl)cc7)c6o5)cc34)CC2)C1. The van der Waals surface area contributed by atoms with Crippen molar-refractivity contribution in [3.05, 3.63) is 70.4 Å². The number of halogens is 1. The lowest BCUT2D eigenvalue weighted by Crippen LogP contribution is -2.40. The average molecular weight is 695 g/mol. The highest BCUT2D eigenvalue weighted by atomic mass is 35.5. The number of likely N-dealkylation sites (tertiary alicyclic amines) is 1. The van der Waals surface area contributed by atoms with Crippen LogP contribution in [-0.4, -0.2) is 56.0 Å². The Bertz CT molecular complexity index is 2080. The number of Topliss-reactive ketones (excluding diaryl/α,β-unsaturated/α-hetero) is 2. The van der Waals surface area contributed by atoms with Crippen molar-refractivity contribution >= 4 is 45.2 Å². The Balaban J connectivity index is 1.26. The molecule has 0 radical (unpaired) electrons. The van der Waals surface area contributed by atoms with E-state index >= 15 is 0 Å². The van der Waals surface area contributed by atoms with E-state index < -0.39 is 11.7 Å². The van der Waals surface area contributed by atoms with E-state index in [2.05, 4.69) is 17.0 Å². The number of oxazole rings is 1. The van der Waals surface area contributed by atoms with E-state index in [1.54, 1.807) is 13.8 Å². The molecule has 0 bridgehead atoms. The number of piperidine rings is 1. The molecule has 0 N–H and O–H groups in total. The summed E-state index contributed by atoms with van der Waals surface area (Å²) in [6, 6.07) is 16.4. The Hall–Kier alpha value is -3.85. The minimum absolute atomic E-state index is 0.0822. The van der Waals surface area contributed by atoms with Crippen molar-refractivity contribution in [2.75, 3.05) is 13.1 Å². The van der Waals surface area contributed by atoms with E-state index in [1.165, 1.54) is 0 Å². The summed E-state index contributed by atoms with van der Waals surface area (Å²) >= 11 is 6.31. The van der Waals surface area contributed by atoms with Gasteiger partial charge in [0.25, 0.3) is 0 Å². The van der Waals surface area contributed by atoms with Crippen LogP contribution in [0, 0.1) is 12.8 Å². The topological polar surface area (TPSA) is 90.5 Å². The van der Waals surface area contributed by atoms with Gasteiger partial charge in [0, 0.05) is 52.0 Å². The van der Waals surface area contributed by atoms with E-state index in [9.17, 15) is 9.59 Å². The van der Waals surface area contributed by atoms with Crippen molar-refractivity contribution in [2.24, 2.45) is 13.0 Å². The molecule has 0 spiro atoms. The number of hydrogen-bond acceptors (Lipinski definition) is 7. The first kappa shape index (κ1) is 34.6. The summed E-state index contributed by atoms with van der Waals surface area (Å²) in [5.74, 6) is 1.35. The summed E-state index contributed by atoms with van der Waals surface area (Å²) in [4.78, 5) is 32.8. The minimum Gasteiger partial charge on any atom is -0.435 e. The third-order valence-corrected chi connectivity index (χ3v) is 11.0. The lowest BCUT2D eigenvalue weighted by molar-refractivity contribution is -0.138. The number of benzene rings is 3. The van der Waals surface area contributed by atoms with Crippen LogP contribution < -0.4 is 0 Å². The van der Waals surface area contributed by atoms with Crippen LogP contribution in [0.1, 0.15) is 95.6 Å². The maximum atomic E-state index is 13.2. The van der Waals surface area contributed by atoms with Crippen LogP contribution >= 0.6 is 11.6 Å². The summed E-state index contributed by atoms with van der Waals surface area (Å²) in [6.07, 6.45) is 4.44. The predicted octanol–water partition coefficient (Wildman–Crippen LogP) is 9.39. The standard InChI is InChI=1S/C41H47ClN4O4/c1-23-20-33-39(36(26-8-12-30(42)13-9-26)35(23)38(25(3)48)50-41(4,5)6)49-40(43-33)29-11-15-34-32(22-29)37(44-45(34)7)27-16-18-46(19-17-27)31-14-10-28(21-31)24(2)47/h8-9,11-13,15,20,22,27-28,31,38H,10,14,16-19,21H2,1-7H3/t28?,31?,38-/m1/s1. The fourth-order valence-electron chi connectivity index (χ4n) is 8.20. The summed E-state index contributed by atoms with van der Waals surface area (Å²) in [6.45, 7) is 13.2. The van der Waals surface area contributed by atoms with Crippen molar-refractivity contribution in [3.63, 3.8) is 0 Å². The number of ketones is 2. The zero-order valence-corrected chi connectivity index (χ0v) is 30.9. The number of nitrogens with zero attached hydrogens (tertiary/aromatic N) is 4. The maximum absolute atomic E-state index is 13.2. The molecule has 5 aromatic rings. The highest BCUT2D eigenvalue weighted by molar-refractivity contribution is 6.30. The molecule has 9 heteroatoms. The number of hydrogen-bond donors (Lipinski definition) is 0. The molecule has 1 aliphatic heterocycles. The van der Waals surface area contributed by atoms with Crippen LogP contribution in [0.25, 0.3) is 44.6 Å². The summed E-state index contributed by atoms with van der Waals surface area (Å²) in [5, 5.41) is 6.79. The second-order valence-corrected chi connectivity index (χ2v) is 15.8. The predicted molar refractivity (Wildman–Crippen MR) is 199 cm³/mol. The Morgan fingerprint density at radius 1 is 0.980 bits per heavy atom. The van der Waals surface area contributed by atoms with Crippen LogP contribution in [0.2, 0.25) is 5.02 Å². The van der Waals surface area contributed by atoms with Gasteiger partial charge in [-0.2, -0.15) is 5.10 Å². The third-order valence-electron chi connectivity index (χ3n) is 10.7. The third kappa shape index (κ3) is 6.65. The van der Waals surface area contributed by atoms with E-state index in [1.807, 2.05) is 75.8 Å². The van der Waals surface area contributed by atoms with Gasteiger partial charge in [-0.3, -0.25) is 14.3 Å². The van der Waals surface area contributed by atoms with Gasteiger partial charge in [-0.25, -0.2) is 4.98 Å². The highest BCUT2D eigenvalue weighted by Gasteiger charge is 2.35. The van der Waals surface area contributed by atoms with Gasteiger partial charge in [-0.1, -0.05) is 23.7 Å². The molecular formula is C41H47ClN4O4. The van der Waals surface area contributed by atoms with Crippen molar-refractivity contribution in [1.82, 2.24) is 19.7 Å². The molecule has 3 aromatic carbocycles. The zero-order valence-electron chi connectivity index (χ0n) is 30.2. The first-order valence-electron chi connectivity index (χ1n) is 17.9. The van der Waals surface area contributed by atoms with Gasteiger partial charge < -0.3 is 14.1 Å². The minimum atomic E-state index is -0.788. The van der Waals surface area contributed by atoms with E-state index in [-0.39, 0.29) is 11.7 Å². The lowest BCUT2D eigenvalue weighted by atomic mass is 9.89. The molecular weight excluding hydrogens is 648 g/mol. The Morgan fingerprint density at radius 2 is 1.68 bits per heavy atom. The van der Waals surface area contributed by atoms with Crippen LogP contribution in [-0.2, 0) is 21.4 Å². The van der Waals surface area contributed by atoms with Crippen molar-refractivity contribution in [1.29, 1.82) is 0 Å². The molecule has 2 aliphatic rings. The largest absolute Gasteiger partial charge is 0.435 e. The molecule has 50 heavy (non-hydrogen) atoms. The molecule has 1 saturated carbocycles. The molecule has 2 fully saturated rings. The fraction of sp³-hybridized carbons (Fsp3) is 0.463. The molecule has 3 atom stereocenters. The molecule has 0 amide bonds. The molecule has 1 saturated heterocycles. The summed E-state index contributed by atoms with van der Waals surface area (Å²) < 4.78 is 15.1. The number of carbonyl (C=O) groups excluding carboxylic acids is 2. The summed E-state index contributed by atoms with van der Waals surface area (Å²) in [5.41, 5.74) is 7.16. The number of fused-ring (bicyclic) bond motifs is 2. The number of ether oxygens (including phenoxy) is 1. The molecule has 2 unspecified atom stereocenters. The van der Waals surface area contributed by atoms with Crippen LogP contribution in [0.4, 0.5) is 0 Å². The second-order valence-electron chi connectivity index (χ2n) is 15.4. The number of carbonyl (C=O) groups is 2. The molecule has 3 heterocycles. The van der Waals surface area contributed by atoms with Gasteiger partial charge in [-0.05, 0) is 134 Å². The second kappa shape index (κ2) is 13.4. The van der Waals surface area contributed by atoms with Crippen molar-refractivity contribution in [3.8, 4) is 22.6 Å². The average Bonchev–Trinajstić information content (AvgIpc) is 3.81. The smallest absolute Gasteiger partial charge is 0.227 e. The summed E-state index contributed by atoms with van der Waals surface area (Å²) in [7, 11) is 2.01. The van der Waals surface area contributed by atoms with Crippen LogP contribution in [0.3, 0.4) is 0 Å². The van der Waals surface area contributed by atoms with Gasteiger partial charge in [0.1, 0.15) is 17.4 Å². The Morgan fingerprint density at radius 3 is 2.32 bits per heavy atom. The van der Waals surface area contributed by atoms with Crippen LogP contribution in [0.15, 0.2) is 52.9 Å².